The summed E-state index contributed by atoms with van der Waals surface area (Å²) in [5.41, 5.74) is 0.523. The van der Waals surface area contributed by atoms with Crippen LogP contribution in [0.4, 0.5) is 0 Å². The minimum absolute atomic E-state index is 0.179. The van der Waals surface area contributed by atoms with Gasteiger partial charge >= 0.3 is 5.97 Å². The van der Waals surface area contributed by atoms with Crippen molar-refractivity contribution in [3.63, 3.8) is 0 Å². The lowest BCUT2D eigenvalue weighted by molar-refractivity contribution is -0.174. The van der Waals surface area contributed by atoms with Crippen molar-refractivity contribution in [3.8, 4) is 0 Å². The van der Waals surface area contributed by atoms with Crippen molar-refractivity contribution in [1.29, 1.82) is 0 Å². The van der Waals surface area contributed by atoms with Crippen LogP contribution in [-0.4, -0.2) is 33.5 Å². The Kier molecular flexibility index (Phi) is 5.36. The van der Waals surface area contributed by atoms with Gasteiger partial charge in [-0.1, -0.05) is 20.8 Å². The molecule has 0 aromatic carbocycles. The maximum atomic E-state index is 11.2. The lowest BCUT2D eigenvalue weighted by Crippen LogP contribution is -2.58. The average Bonchev–Trinajstić information content (AvgIpc) is 2.98. The lowest BCUT2D eigenvalue weighted by Gasteiger charge is -2.62. The van der Waals surface area contributed by atoms with Crippen LogP contribution in [0.25, 0.3) is 0 Å². The van der Waals surface area contributed by atoms with Crippen molar-refractivity contribution in [2.75, 3.05) is 0 Å². The highest BCUT2D eigenvalue weighted by Crippen LogP contribution is 2.68. The molecule has 4 rings (SSSR count). The number of carboxylic acid groups (broad SMARTS) is 1. The van der Waals surface area contributed by atoms with E-state index in [-0.39, 0.29) is 29.5 Å². The predicted molar refractivity (Wildman–Crippen MR) is 109 cm³/mol. The van der Waals surface area contributed by atoms with Gasteiger partial charge in [0.15, 0.2) is 0 Å². The largest absolute Gasteiger partial charge is 0.481 e. The van der Waals surface area contributed by atoms with Crippen molar-refractivity contribution < 1.29 is 20.1 Å². The molecule has 0 amide bonds. The molecule has 0 spiro atoms. The van der Waals surface area contributed by atoms with Crippen molar-refractivity contribution >= 4 is 5.97 Å². The van der Waals surface area contributed by atoms with E-state index in [1.165, 1.54) is 25.7 Å². The number of hydrogen-bond acceptors (Lipinski definition) is 3. The SMILES string of the molecule is C[C@H](CCC(=O)O)[C@@H]1CC[C@@H]2[C@@H]3[C@H](O)C[C@@H]4C[C@H](O)CC[C@]4(C)[C@H]3CC[C@@]21C. The third-order valence-corrected chi connectivity index (χ3v) is 10.2. The number of carboxylic acids is 1. The summed E-state index contributed by atoms with van der Waals surface area (Å²) in [5, 5.41) is 30.5. The molecule has 0 unspecified atom stereocenters. The van der Waals surface area contributed by atoms with E-state index >= 15 is 0 Å². The Morgan fingerprint density at radius 2 is 1.68 bits per heavy atom. The van der Waals surface area contributed by atoms with E-state index in [1.807, 2.05) is 0 Å². The third kappa shape index (κ3) is 3.14. The molecule has 4 aliphatic rings. The summed E-state index contributed by atoms with van der Waals surface area (Å²) in [5.74, 6) is 2.36. The first-order valence-corrected chi connectivity index (χ1v) is 11.7. The molecule has 4 fully saturated rings. The topological polar surface area (TPSA) is 77.8 Å². The highest BCUT2D eigenvalue weighted by molar-refractivity contribution is 5.66. The van der Waals surface area contributed by atoms with Gasteiger partial charge in [0.25, 0.3) is 0 Å². The van der Waals surface area contributed by atoms with Crippen molar-refractivity contribution in [2.24, 2.45) is 46.3 Å². The Morgan fingerprint density at radius 1 is 1.00 bits per heavy atom. The molecular weight excluding hydrogens is 352 g/mol. The van der Waals surface area contributed by atoms with E-state index < -0.39 is 5.97 Å². The molecule has 4 saturated carbocycles. The van der Waals surface area contributed by atoms with Gasteiger partial charge in [-0.3, -0.25) is 4.79 Å². The van der Waals surface area contributed by atoms with E-state index in [9.17, 15) is 15.0 Å². The molecule has 28 heavy (non-hydrogen) atoms. The fourth-order valence-electron chi connectivity index (χ4n) is 8.73. The maximum Gasteiger partial charge on any atom is 0.303 e. The average molecular weight is 393 g/mol. The molecule has 10 atom stereocenters. The smallest absolute Gasteiger partial charge is 0.303 e. The number of hydrogen-bond donors (Lipinski definition) is 3. The van der Waals surface area contributed by atoms with E-state index in [0.29, 0.717) is 35.5 Å². The number of aliphatic hydroxyl groups excluding tert-OH is 2. The van der Waals surface area contributed by atoms with Crippen molar-refractivity contribution in [1.82, 2.24) is 0 Å². The monoisotopic (exact) mass is 392 g/mol. The Balaban J connectivity index is 1.55. The lowest BCUT2D eigenvalue weighted by atomic mass is 9.43. The fraction of sp³-hybridized carbons (Fsp3) is 0.958. The molecule has 0 aromatic rings. The second-order valence-electron chi connectivity index (χ2n) is 11.4. The van der Waals surface area contributed by atoms with Gasteiger partial charge in [0, 0.05) is 6.42 Å². The molecule has 0 bridgehead atoms. The zero-order chi connectivity index (χ0) is 20.3. The summed E-state index contributed by atoms with van der Waals surface area (Å²) in [6, 6.07) is 0. The molecule has 4 aliphatic carbocycles. The minimum atomic E-state index is -0.684. The van der Waals surface area contributed by atoms with Crippen LogP contribution in [0.15, 0.2) is 0 Å². The van der Waals surface area contributed by atoms with E-state index in [1.54, 1.807) is 0 Å². The molecule has 0 saturated heterocycles. The predicted octanol–water partition coefficient (Wildman–Crippen LogP) is 4.48. The Bertz CT molecular complexity index is 605. The number of aliphatic hydroxyl groups is 2. The first-order chi connectivity index (χ1) is 13.2. The molecule has 0 radical (unpaired) electrons. The maximum absolute atomic E-state index is 11.2. The van der Waals surface area contributed by atoms with Gasteiger partial charge in [-0.05, 0) is 104 Å². The highest BCUT2D eigenvalue weighted by Gasteiger charge is 2.62. The van der Waals surface area contributed by atoms with Crippen molar-refractivity contribution in [2.45, 2.75) is 97.2 Å². The zero-order valence-electron chi connectivity index (χ0n) is 17.9. The fourth-order valence-corrected chi connectivity index (χ4v) is 8.73. The molecule has 3 N–H and O–H groups in total. The number of carbonyl (C=O) groups is 1. The van der Waals surface area contributed by atoms with Crippen LogP contribution >= 0.6 is 0 Å². The Hall–Kier alpha value is -0.610. The van der Waals surface area contributed by atoms with Crippen LogP contribution in [0.1, 0.15) is 85.0 Å². The van der Waals surface area contributed by atoms with Crippen LogP contribution in [0.5, 0.6) is 0 Å². The summed E-state index contributed by atoms with van der Waals surface area (Å²) >= 11 is 0. The first-order valence-electron chi connectivity index (χ1n) is 11.7. The second kappa shape index (κ2) is 7.27. The molecule has 160 valence electrons. The van der Waals surface area contributed by atoms with Crippen LogP contribution in [0.3, 0.4) is 0 Å². The standard InChI is InChI=1S/C24H40O4/c1-14(4-7-21(27)28)17-5-6-18-22-19(9-11-24(17,18)3)23(2)10-8-16(25)12-15(23)13-20(22)26/h14-20,22,25-26H,4-13H2,1-3H3,(H,27,28)/t14-,15+,16-,17+,18-,19+,20-,22+,23+,24-/m1/s1. The highest BCUT2D eigenvalue weighted by atomic mass is 16.4. The molecule has 0 heterocycles. The van der Waals surface area contributed by atoms with Gasteiger partial charge < -0.3 is 15.3 Å². The Labute approximate surface area is 170 Å². The van der Waals surface area contributed by atoms with Gasteiger partial charge in [0.2, 0.25) is 0 Å². The Morgan fingerprint density at radius 3 is 2.39 bits per heavy atom. The second-order valence-corrected chi connectivity index (χ2v) is 11.4. The summed E-state index contributed by atoms with van der Waals surface area (Å²) < 4.78 is 0. The molecule has 0 aromatic heterocycles. The van der Waals surface area contributed by atoms with Gasteiger partial charge in [-0.15, -0.1) is 0 Å². The number of fused-ring (bicyclic) bond motifs is 5. The first kappa shape index (κ1) is 20.7. The number of rotatable bonds is 4. The normalized spacial score (nSPS) is 51.7. The van der Waals surface area contributed by atoms with Gasteiger partial charge in [-0.2, -0.15) is 0 Å². The molecule has 0 aliphatic heterocycles. The van der Waals surface area contributed by atoms with Gasteiger partial charge in [-0.25, -0.2) is 0 Å². The van der Waals surface area contributed by atoms with Crippen LogP contribution in [0, 0.1) is 46.3 Å². The summed E-state index contributed by atoms with van der Waals surface area (Å²) in [6.45, 7) is 7.16. The van der Waals surface area contributed by atoms with Crippen molar-refractivity contribution in [3.05, 3.63) is 0 Å². The minimum Gasteiger partial charge on any atom is -0.481 e. The zero-order valence-corrected chi connectivity index (χ0v) is 17.9. The summed E-state index contributed by atoms with van der Waals surface area (Å²) in [4.78, 5) is 11.1. The van der Waals surface area contributed by atoms with Gasteiger partial charge in [0.05, 0.1) is 12.2 Å². The summed E-state index contributed by atoms with van der Waals surface area (Å²) in [6.07, 6.45) is 9.19. The molecule has 4 nitrogen and oxygen atoms in total. The van der Waals surface area contributed by atoms with Crippen LogP contribution in [-0.2, 0) is 4.79 Å². The van der Waals surface area contributed by atoms with Gasteiger partial charge in [0.1, 0.15) is 0 Å². The quantitative estimate of drug-likeness (QED) is 0.659. The van der Waals surface area contributed by atoms with Crippen LogP contribution < -0.4 is 0 Å². The van der Waals surface area contributed by atoms with E-state index in [4.69, 9.17) is 5.11 Å². The van der Waals surface area contributed by atoms with E-state index in [0.717, 1.165) is 32.1 Å². The van der Waals surface area contributed by atoms with E-state index in [2.05, 4.69) is 20.8 Å². The third-order valence-electron chi connectivity index (χ3n) is 10.2. The number of aliphatic carboxylic acids is 1. The molecular formula is C24H40O4. The summed E-state index contributed by atoms with van der Waals surface area (Å²) in [7, 11) is 0. The molecule has 4 heteroatoms. The van der Waals surface area contributed by atoms with Crippen LogP contribution in [0.2, 0.25) is 0 Å².